The highest BCUT2D eigenvalue weighted by molar-refractivity contribution is 7.26. The van der Waals surface area contributed by atoms with Crippen LogP contribution in [-0.2, 0) is 0 Å². The van der Waals surface area contributed by atoms with Gasteiger partial charge in [-0.3, -0.25) is 9.97 Å². The Kier molecular flexibility index (Phi) is 6.16. The van der Waals surface area contributed by atoms with Gasteiger partial charge in [-0.05, 0) is 119 Å². The fourth-order valence-corrected chi connectivity index (χ4v) is 9.70. The van der Waals surface area contributed by atoms with Crippen molar-refractivity contribution < 1.29 is 0 Å². The fraction of sp³-hybridized carbons (Fsp3) is 0. The Hall–Kier alpha value is -6.42. The molecule has 236 valence electrons. The molecule has 11 rings (SSSR count). The molecule has 0 saturated heterocycles. The second-order valence-corrected chi connectivity index (χ2v) is 14.3. The van der Waals surface area contributed by atoms with Gasteiger partial charge in [0.25, 0.3) is 0 Å². The molecule has 0 bridgehead atoms. The SMILES string of the molecule is c1ccc(-c2ccc3sc4c(-c5ccc6c7c(cccc57)-c5c-6c(-c6ccncc6)c6ccccc6c5-c5ccncc5)cccc4c3c2)cc1. The molecular weight excluding hydrogens is 637 g/mol. The summed E-state index contributed by atoms with van der Waals surface area (Å²) in [5, 5.41) is 7.69. The number of benzene rings is 7. The number of pyridine rings is 2. The van der Waals surface area contributed by atoms with Crippen molar-refractivity contribution in [3.05, 3.63) is 170 Å². The molecule has 3 aromatic heterocycles. The van der Waals surface area contributed by atoms with Gasteiger partial charge in [-0.25, -0.2) is 0 Å². The molecule has 7 aromatic carbocycles. The van der Waals surface area contributed by atoms with Crippen LogP contribution in [0.5, 0.6) is 0 Å². The van der Waals surface area contributed by atoms with Gasteiger partial charge in [-0.1, -0.05) is 109 Å². The maximum atomic E-state index is 4.39. The van der Waals surface area contributed by atoms with Crippen LogP contribution in [0.1, 0.15) is 0 Å². The van der Waals surface area contributed by atoms with Crippen LogP contribution in [0.25, 0.3) is 108 Å². The first-order valence-electron chi connectivity index (χ1n) is 17.3. The highest BCUT2D eigenvalue weighted by Gasteiger charge is 2.31. The van der Waals surface area contributed by atoms with Gasteiger partial charge in [0.05, 0.1) is 0 Å². The second kappa shape index (κ2) is 11.0. The van der Waals surface area contributed by atoms with E-state index < -0.39 is 0 Å². The second-order valence-electron chi connectivity index (χ2n) is 13.3. The van der Waals surface area contributed by atoms with Gasteiger partial charge >= 0.3 is 0 Å². The molecule has 0 spiro atoms. The highest BCUT2D eigenvalue weighted by atomic mass is 32.1. The minimum absolute atomic E-state index is 1.17. The summed E-state index contributed by atoms with van der Waals surface area (Å²) < 4.78 is 2.64. The van der Waals surface area contributed by atoms with Crippen LogP contribution >= 0.6 is 11.3 Å². The number of thiophene rings is 1. The van der Waals surface area contributed by atoms with E-state index in [1.54, 1.807) is 0 Å². The van der Waals surface area contributed by atoms with Crippen molar-refractivity contribution >= 4 is 53.1 Å². The largest absolute Gasteiger partial charge is 0.265 e. The average Bonchev–Trinajstić information content (AvgIpc) is 3.74. The van der Waals surface area contributed by atoms with Gasteiger partial charge in [0, 0.05) is 50.5 Å². The molecule has 10 aromatic rings. The number of hydrogen-bond acceptors (Lipinski definition) is 3. The Labute approximate surface area is 299 Å². The molecule has 0 N–H and O–H groups in total. The minimum Gasteiger partial charge on any atom is -0.265 e. The summed E-state index contributed by atoms with van der Waals surface area (Å²) in [6.45, 7) is 0. The van der Waals surface area contributed by atoms with E-state index in [0.717, 1.165) is 0 Å². The summed E-state index contributed by atoms with van der Waals surface area (Å²) in [5.74, 6) is 0. The standard InChI is InChI=1S/C48H28N2S/c1-2-8-29(9-3-1)32-16-19-42-41(28-32)38-14-7-13-37(48(38)51-42)33-17-18-40-45-34(33)12-6-15-39(45)46-43(30-20-24-49-25-21-30)35-10-4-5-11-36(35)44(47(40)46)31-22-26-50-27-23-31/h1-28H. The van der Waals surface area contributed by atoms with Crippen LogP contribution in [0.15, 0.2) is 170 Å². The molecule has 2 nitrogen and oxygen atoms in total. The summed E-state index contributed by atoms with van der Waals surface area (Å²) in [6, 6.07) is 53.5. The van der Waals surface area contributed by atoms with E-state index in [1.807, 2.05) is 36.1 Å². The Morgan fingerprint density at radius 1 is 0.333 bits per heavy atom. The van der Waals surface area contributed by atoms with E-state index in [2.05, 4.69) is 156 Å². The van der Waals surface area contributed by atoms with Crippen molar-refractivity contribution in [3.63, 3.8) is 0 Å². The first-order chi connectivity index (χ1) is 25.3. The molecule has 1 aliphatic carbocycles. The molecule has 0 radical (unpaired) electrons. The molecule has 0 atom stereocenters. The molecule has 3 heteroatoms. The third-order valence-electron chi connectivity index (χ3n) is 10.6. The first-order valence-corrected chi connectivity index (χ1v) is 18.1. The number of nitrogens with zero attached hydrogens (tertiary/aromatic N) is 2. The number of aromatic nitrogens is 2. The topological polar surface area (TPSA) is 25.8 Å². The predicted octanol–water partition coefficient (Wildman–Crippen LogP) is 13.5. The third-order valence-corrected chi connectivity index (χ3v) is 11.8. The summed E-state index contributed by atoms with van der Waals surface area (Å²) in [4.78, 5) is 8.78. The Morgan fingerprint density at radius 2 is 0.902 bits per heavy atom. The van der Waals surface area contributed by atoms with E-state index >= 15 is 0 Å². The summed E-state index contributed by atoms with van der Waals surface area (Å²) in [5.41, 5.74) is 15.0. The monoisotopic (exact) mass is 664 g/mol. The zero-order valence-corrected chi connectivity index (χ0v) is 28.3. The van der Waals surface area contributed by atoms with E-state index in [4.69, 9.17) is 0 Å². The van der Waals surface area contributed by atoms with Crippen LogP contribution in [0.3, 0.4) is 0 Å². The fourth-order valence-electron chi connectivity index (χ4n) is 8.49. The molecular formula is C48H28N2S. The van der Waals surface area contributed by atoms with E-state index in [9.17, 15) is 0 Å². The lowest BCUT2D eigenvalue weighted by atomic mass is 9.83. The lowest BCUT2D eigenvalue weighted by molar-refractivity contribution is 1.33. The van der Waals surface area contributed by atoms with Gasteiger partial charge in [0.2, 0.25) is 0 Å². The predicted molar refractivity (Wildman–Crippen MR) is 216 cm³/mol. The normalized spacial score (nSPS) is 11.9. The van der Waals surface area contributed by atoms with Crippen molar-refractivity contribution in [1.29, 1.82) is 0 Å². The summed E-state index contributed by atoms with van der Waals surface area (Å²) >= 11 is 1.90. The quantitative estimate of drug-likeness (QED) is 0.187. The zero-order chi connectivity index (χ0) is 33.5. The van der Waals surface area contributed by atoms with Crippen LogP contribution in [-0.4, -0.2) is 9.97 Å². The number of hydrogen-bond donors (Lipinski definition) is 0. The minimum atomic E-state index is 1.17. The molecule has 0 unspecified atom stereocenters. The Balaban J connectivity index is 1.21. The lowest BCUT2D eigenvalue weighted by Crippen LogP contribution is -1.93. The van der Waals surface area contributed by atoms with Crippen molar-refractivity contribution in [3.8, 4) is 66.8 Å². The van der Waals surface area contributed by atoms with Gasteiger partial charge in [0.1, 0.15) is 0 Å². The number of fused-ring (bicyclic) bond motifs is 7. The molecule has 0 fully saturated rings. The van der Waals surface area contributed by atoms with Gasteiger partial charge in [0.15, 0.2) is 0 Å². The highest BCUT2D eigenvalue weighted by Crippen LogP contribution is 2.58. The Morgan fingerprint density at radius 3 is 1.59 bits per heavy atom. The van der Waals surface area contributed by atoms with Crippen molar-refractivity contribution in [2.75, 3.05) is 0 Å². The number of rotatable bonds is 4. The summed E-state index contributed by atoms with van der Waals surface area (Å²) in [6.07, 6.45) is 7.62. The summed E-state index contributed by atoms with van der Waals surface area (Å²) in [7, 11) is 0. The molecule has 0 amide bonds. The van der Waals surface area contributed by atoms with Crippen LogP contribution < -0.4 is 0 Å². The molecule has 3 heterocycles. The van der Waals surface area contributed by atoms with E-state index in [-0.39, 0.29) is 0 Å². The van der Waals surface area contributed by atoms with Crippen molar-refractivity contribution in [1.82, 2.24) is 9.97 Å². The zero-order valence-electron chi connectivity index (χ0n) is 27.5. The first kappa shape index (κ1) is 28.4. The Bertz CT molecular complexity index is 2910. The van der Waals surface area contributed by atoms with Crippen LogP contribution in [0, 0.1) is 0 Å². The third kappa shape index (κ3) is 4.16. The van der Waals surface area contributed by atoms with Gasteiger partial charge < -0.3 is 0 Å². The van der Waals surface area contributed by atoms with E-state index in [1.165, 1.54) is 108 Å². The van der Waals surface area contributed by atoms with Crippen LogP contribution in [0.2, 0.25) is 0 Å². The average molecular weight is 665 g/mol. The molecule has 51 heavy (non-hydrogen) atoms. The van der Waals surface area contributed by atoms with Gasteiger partial charge in [-0.2, -0.15) is 0 Å². The molecule has 0 saturated carbocycles. The van der Waals surface area contributed by atoms with Gasteiger partial charge in [-0.15, -0.1) is 11.3 Å². The molecule has 0 aliphatic heterocycles. The van der Waals surface area contributed by atoms with Crippen molar-refractivity contribution in [2.45, 2.75) is 0 Å². The maximum absolute atomic E-state index is 4.39. The lowest BCUT2D eigenvalue weighted by Gasteiger charge is -2.20. The smallest absolute Gasteiger partial charge is 0.0434 e. The van der Waals surface area contributed by atoms with E-state index in [0.29, 0.717) is 0 Å². The van der Waals surface area contributed by atoms with Crippen LogP contribution in [0.4, 0.5) is 0 Å². The van der Waals surface area contributed by atoms with Crippen molar-refractivity contribution in [2.24, 2.45) is 0 Å². The maximum Gasteiger partial charge on any atom is 0.0434 e. The molecule has 1 aliphatic rings.